The lowest BCUT2D eigenvalue weighted by atomic mass is 9.83. The second kappa shape index (κ2) is 8.87. The normalized spacial score (nSPS) is 16.8. The molecule has 0 amide bonds. The molecule has 0 saturated carbocycles. The van der Waals surface area contributed by atoms with Gasteiger partial charge in [0.1, 0.15) is 5.75 Å². The first-order valence-corrected chi connectivity index (χ1v) is 10.3. The topological polar surface area (TPSA) is 76.3 Å². The van der Waals surface area contributed by atoms with Crippen LogP contribution in [-0.2, 0) is 24.9 Å². The molecule has 170 valence electrons. The van der Waals surface area contributed by atoms with Crippen molar-refractivity contribution in [1.29, 1.82) is 0 Å². The average molecular weight is 447 g/mol. The van der Waals surface area contributed by atoms with Crippen LogP contribution in [0.2, 0.25) is 0 Å². The Labute approximate surface area is 183 Å². The predicted molar refractivity (Wildman–Crippen MR) is 110 cm³/mol. The molecule has 0 bridgehead atoms. The van der Waals surface area contributed by atoms with Crippen LogP contribution in [0, 0.1) is 0 Å². The molecule has 32 heavy (non-hydrogen) atoms. The molecule has 2 heterocycles. The molecular formula is C22H24F3N5O2. The number of nitrogens with zero attached hydrogens (tertiary/aromatic N) is 5. The van der Waals surface area contributed by atoms with Gasteiger partial charge in [0.2, 0.25) is 0 Å². The molecule has 1 saturated heterocycles. The fourth-order valence-corrected chi connectivity index (χ4v) is 3.92. The molecule has 10 heteroatoms. The highest BCUT2D eigenvalue weighted by Crippen LogP contribution is 2.37. The average Bonchev–Trinajstić information content (AvgIpc) is 3.22. The number of hydrogen-bond acceptors (Lipinski definition) is 6. The number of likely N-dealkylation sites (tertiary alicyclic amines) is 1. The van der Waals surface area contributed by atoms with Gasteiger partial charge in [0.25, 0.3) is 0 Å². The third-order valence-electron chi connectivity index (χ3n) is 5.87. The van der Waals surface area contributed by atoms with Gasteiger partial charge in [-0.1, -0.05) is 24.3 Å². The molecule has 4 rings (SSSR count). The molecule has 1 aliphatic heterocycles. The molecule has 0 spiro atoms. The van der Waals surface area contributed by atoms with Crippen molar-refractivity contribution in [2.45, 2.75) is 37.7 Å². The van der Waals surface area contributed by atoms with E-state index < -0.39 is 17.3 Å². The summed E-state index contributed by atoms with van der Waals surface area (Å²) >= 11 is 0. The molecule has 3 aromatic rings. The maximum atomic E-state index is 13.0. The van der Waals surface area contributed by atoms with E-state index in [0.29, 0.717) is 50.4 Å². The molecule has 0 unspecified atom stereocenters. The first-order valence-electron chi connectivity index (χ1n) is 10.3. The Morgan fingerprint density at radius 3 is 2.44 bits per heavy atom. The Hall–Kier alpha value is -2.98. The van der Waals surface area contributed by atoms with Crippen LogP contribution in [0.1, 0.15) is 35.4 Å². The van der Waals surface area contributed by atoms with Crippen LogP contribution in [0.4, 0.5) is 13.2 Å². The monoisotopic (exact) mass is 447 g/mol. The van der Waals surface area contributed by atoms with Crippen LogP contribution in [0.3, 0.4) is 0 Å². The second-order valence-electron chi connectivity index (χ2n) is 7.99. The van der Waals surface area contributed by atoms with Crippen molar-refractivity contribution >= 4 is 0 Å². The standard InChI is InChI=1S/C22H24F3N5O2/c1-32-19-7-5-16(6-8-19)14-30-20(26-27-28-30)15-29-11-9-21(31,10-12-29)17-3-2-4-18(13-17)22(23,24)25/h2-8,13,31H,9-12,14-15H2,1H3. The zero-order chi connectivity index (χ0) is 22.8. The molecule has 1 N–H and O–H groups in total. The first kappa shape index (κ1) is 22.2. The summed E-state index contributed by atoms with van der Waals surface area (Å²) in [6.07, 6.45) is -3.78. The third kappa shape index (κ3) is 4.91. The van der Waals surface area contributed by atoms with Crippen LogP contribution >= 0.6 is 0 Å². The van der Waals surface area contributed by atoms with Gasteiger partial charge in [0, 0.05) is 13.1 Å². The number of piperidine rings is 1. The van der Waals surface area contributed by atoms with E-state index in [-0.39, 0.29) is 0 Å². The summed E-state index contributed by atoms with van der Waals surface area (Å²) in [5, 5.41) is 23.0. The lowest BCUT2D eigenvalue weighted by Crippen LogP contribution is -2.42. The maximum Gasteiger partial charge on any atom is 0.416 e. The minimum absolute atomic E-state index is 0.302. The summed E-state index contributed by atoms with van der Waals surface area (Å²) in [5.74, 6) is 1.46. The van der Waals surface area contributed by atoms with Crippen LogP contribution in [0.5, 0.6) is 5.75 Å². The summed E-state index contributed by atoms with van der Waals surface area (Å²) in [6.45, 7) is 2.03. The lowest BCUT2D eigenvalue weighted by molar-refractivity contribution is -0.137. The van der Waals surface area contributed by atoms with Gasteiger partial charge in [-0.05, 0) is 58.7 Å². The summed E-state index contributed by atoms with van der Waals surface area (Å²) < 4.78 is 46.0. The molecule has 7 nitrogen and oxygen atoms in total. The van der Waals surface area contributed by atoms with Gasteiger partial charge in [-0.2, -0.15) is 13.2 Å². The van der Waals surface area contributed by atoms with E-state index in [0.717, 1.165) is 23.4 Å². The number of ether oxygens (including phenoxy) is 1. The molecule has 0 radical (unpaired) electrons. The van der Waals surface area contributed by atoms with Gasteiger partial charge in [0.15, 0.2) is 5.82 Å². The number of tetrazole rings is 1. The van der Waals surface area contributed by atoms with Crippen LogP contribution in [0.25, 0.3) is 0 Å². The summed E-state index contributed by atoms with van der Waals surface area (Å²) in [5.41, 5.74) is -0.705. The molecular weight excluding hydrogens is 423 g/mol. The molecule has 0 aliphatic carbocycles. The van der Waals surface area contributed by atoms with E-state index in [9.17, 15) is 18.3 Å². The van der Waals surface area contributed by atoms with Crippen LogP contribution in [-0.4, -0.2) is 50.4 Å². The lowest BCUT2D eigenvalue weighted by Gasteiger charge is -2.38. The quantitative estimate of drug-likeness (QED) is 0.625. The van der Waals surface area contributed by atoms with Crippen LogP contribution < -0.4 is 4.74 Å². The highest BCUT2D eigenvalue weighted by molar-refractivity contribution is 5.30. The Kier molecular flexibility index (Phi) is 6.16. The van der Waals surface area contributed by atoms with Crippen molar-refractivity contribution in [3.05, 3.63) is 71.0 Å². The van der Waals surface area contributed by atoms with E-state index in [1.165, 1.54) is 6.07 Å². The van der Waals surface area contributed by atoms with E-state index in [4.69, 9.17) is 4.74 Å². The molecule has 1 fully saturated rings. The van der Waals surface area contributed by atoms with Gasteiger partial charge in [0.05, 0.1) is 31.4 Å². The third-order valence-corrected chi connectivity index (χ3v) is 5.87. The molecule has 0 atom stereocenters. The van der Waals surface area contributed by atoms with Crippen molar-refractivity contribution in [2.75, 3.05) is 20.2 Å². The number of methoxy groups -OCH3 is 1. The van der Waals surface area contributed by atoms with Gasteiger partial charge in [-0.3, -0.25) is 4.90 Å². The molecule has 1 aromatic heterocycles. The number of benzene rings is 2. The fourth-order valence-electron chi connectivity index (χ4n) is 3.92. The van der Waals surface area contributed by atoms with Crippen molar-refractivity contribution in [3.8, 4) is 5.75 Å². The zero-order valence-corrected chi connectivity index (χ0v) is 17.6. The largest absolute Gasteiger partial charge is 0.497 e. The van der Waals surface area contributed by atoms with Crippen molar-refractivity contribution in [2.24, 2.45) is 0 Å². The van der Waals surface area contributed by atoms with Crippen molar-refractivity contribution in [3.63, 3.8) is 0 Å². The smallest absolute Gasteiger partial charge is 0.416 e. The Balaban J connectivity index is 1.39. The van der Waals surface area contributed by atoms with Crippen molar-refractivity contribution in [1.82, 2.24) is 25.1 Å². The number of hydrogen-bond donors (Lipinski definition) is 1. The number of aliphatic hydroxyl groups is 1. The first-order chi connectivity index (χ1) is 15.3. The Bertz CT molecular complexity index is 1040. The maximum absolute atomic E-state index is 13.0. The van der Waals surface area contributed by atoms with Gasteiger partial charge < -0.3 is 9.84 Å². The summed E-state index contributed by atoms with van der Waals surface area (Å²) in [4.78, 5) is 2.10. The van der Waals surface area contributed by atoms with E-state index in [1.807, 2.05) is 24.3 Å². The van der Waals surface area contributed by atoms with E-state index in [1.54, 1.807) is 17.9 Å². The number of aromatic nitrogens is 4. The van der Waals surface area contributed by atoms with Gasteiger partial charge in [-0.25, -0.2) is 4.68 Å². The number of alkyl halides is 3. The second-order valence-corrected chi connectivity index (χ2v) is 7.99. The SMILES string of the molecule is COc1ccc(Cn2nnnc2CN2CCC(O)(c3cccc(C(F)(F)F)c3)CC2)cc1. The summed E-state index contributed by atoms with van der Waals surface area (Å²) in [6, 6.07) is 12.6. The van der Waals surface area contributed by atoms with Gasteiger partial charge in [-0.15, -0.1) is 5.10 Å². The minimum atomic E-state index is -4.44. The highest BCUT2D eigenvalue weighted by Gasteiger charge is 2.37. The van der Waals surface area contributed by atoms with E-state index >= 15 is 0 Å². The molecule has 1 aliphatic rings. The van der Waals surface area contributed by atoms with Crippen LogP contribution in [0.15, 0.2) is 48.5 Å². The van der Waals surface area contributed by atoms with E-state index in [2.05, 4.69) is 20.4 Å². The van der Waals surface area contributed by atoms with Crippen molar-refractivity contribution < 1.29 is 23.0 Å². The Morgan fingerprint density at radius 1 is 1.06 bits per heavy atom. The van der Waals surface area contributed by atoms with Gasteiger partial charge >= 0.3 is 6.18 Å². The predicted octanol–water partition coefficient (Wildman–Crippen LogP) is 3.23. The Morgan fingerprint density at radius 2 is 1.78 bits per heavy atom. The fraction of sp³-hybridized carbons (Fsp3) is 0.409. The molecule has 2 aromatic carbocycles. The summed E-state index contributed by atoms with van der Waals surface area (Å²) in [7, 11) is 1.61. The number of rotatable bonds is 6. The zero-order valence-electron chi connectivity index (χ0n) is 17.6. The highest BCUT2D eigenvalue weighted by atomic mass is 19.4. The minimum Gasteiger partial charge on any atom is -0.497 e. The number of halogens is 3.